The Hall–Kier alpha value is -2.58. The lowest BCUT2D eigenvalue weighted by molar-refractivity contribution is -0.112. The van der Waals surface area contributed by atoms with Crippen molar-refractivity contribution in [3.63, 3.8) is 0 Å². The van der Waals surface area contributed by atoms with Crippen molar-refractivity contribution in [3.8, 4) is 6.07 Å². The van der Waals surface area contributed by atoms with Crippen molar-refractivity contribution in [3.05, 3.63) is 75.9 Å². The van der Waals surface area contributed by atoms with E-state index in [1.807, 2.05) is 54.6 Å². The van der Waals surface area contributed by atoms with E-state index in [-0.39, 0.29) is 11.5 Å². The summed E-state index contributed by atoms with van der Waals surface area (Å²) in [6.07, 6.45) is 1.45. The molecular formula is C20H20BrN3O. The number of nitrogens with zero attached hydrogens (tertiary/aromatic N) is 1. The highest BCUT2D eigenvalue weighted by Gasteiger charge is 2.12. The minimum Gasteiger partial charge on any atom is -0.386 e. The van der Waals surface area contributed by atoms with Crippen molar-refractivity contribution < 1.29 is 4.79 Å². The standard InChI is InChI=1S/C20H20BrN3O/c1-14(2)17-8-4-6-10-19(17)24-20(25)16(11-22)13-23-12-15-7-3-5-9-18(15)21/h3-10,13-14,23H,12H2,1-2H3,(H,24,25)/b16-13-. The summed E-state index contributed by atoms with van der Waals surface area (Å²) in [5.74, 6) is -0.144. The maximum absolute atomic E-state index is 12.4. The van der Waals surface area contributed by atoms with Crippen LogP contribution >= 0.6 is 15.9 Å². The van der Waals surface area contributed by atoms with Crippen molar-refractivity contribution in [2.75, 3.05) is 5.32 Å². The fraction of sp³-hybridized carbons (Fsp3) is 0.200. The van der Waals surface area contributed by atoms with Gasteiger partial charge >= 0.3 is 0 Å². The highest BCUT2D eigenvalue weighted by Crippen LogP contribution is 2.24. The van der Waals surface area contributed by atoms with E-state index >= 15 is 0 Å². The Balaban J connectivity index is 2.06. The van der Waals surface area contributed by atoms with Crippen molar-refractivity contribution in [2.45, 2.75) is 26.3 Å². The van der Waals surface area contributed by atoms with Gasteiger partial charge < -0.3 is 10.6 Å². The first-order chi connectivity index (χ1) is 12.0. The van der Waals surface area contributed by atoms with Gasteiger partial charge in [0.15, 0.2) is 0 Å². The molecule has 0 atom stereocenters. The van der Waals surface area contributed by atoms with E-state index in [9.17, 15) is 10.1 Å². The molecule has 2 rings (SSSR count). The van der Waals surface area contributed by atoms with Crippen molar-refractivity contribution >= 4 is 27.5 Å². The molecule has 0 saturated carbocycles. The quantitative estimate of drug-likeness (QED) is 0.547. The van der Waals surface area contributed by atoms with Gasteiger partial charge in [-0.15, -0.1) is 0 Å². The highest BCUT2D eigenvalue weighted by molar-refractivity contribution is 9.10. The van der Waals surface area contributed by atoms with Crippen LogP contribution in [0.25, 0.3) is 0 Å². The van der Waals surface area contributed by atoms with Gasteiger partial charge in [0.25, 0.3) is 5.91 Å². The number of anilines is 1. The molecule has 25 heavy (non-hydrogen) atoms. The van der Waals surface area contributed by atoms with E-state index in [4.69, 9.17) is 0 Å². The summed E-state index contributed by atoms with van der Waals surface area (Å²) in [7, 11) is 0. The Kier molecular flexibility index (Phi) is 6.79. The third-order valence-corrected chi connectivity index (χ3v) is 4.47. The van der Waals surface area contributed by atoms with Gasteiger partial charge in [-0.1, -0.05) is 66.2 Å². The fourth-order valence-electron chi connectivity index (χ4n) is 2.36. The van der Waals surface area contributed by atoms with Crippen LogP contribution in [0.2, 0.25) is 0 Å². The number of halogens is 1. The summed E-state index contributed by atoms with van der Waals surface area (Å²) >= 11 is 3.47. The smallest absolute Gasteiger partial charge is 0.267 e. The molecule has 2 aromatic rings. The molecule has 128 valence electrons. The number of hydrogen-bond acceptors (Lipinski definition) is 3. The van der Waals surface area contributed by atoms with Crippen LogP contribution in [0.3, 0.4) is 0 Å². The number of carbonyl (C=O) groups is 1. The number of nitriles is 1. The molecule has 0 fully saturated rings. The molecule has 0 bridgehead atoms. The summed E-state index contributed by atoms with van der Waals surface area (Å²) in [5.41, 5.74) is 2.84. The van der Waals surface area contributed by atoms with Gasteiger partial charge in [0.1, 0.15) is 11.6 Å². The lowest BCUT2D eigenvalue weighted by atomic mass is 10.0. The molecule has 2 N–H and O–H groups in total. The zero-order chi connectivity index (χ0) is 18.2. The third kappa shape index (κ3) is 5.20. The minimum absolute atomic E-state index is 0.0330. The Labute approximate surface area is 156 Å². The number of rotatable bonds is 6. The van der Waals surface area contributed by atoms with Crippen LogP contribution in [0, 0.1) is 11.3 Å². The van der Waals surface area contributed by atoms with Crippen LogP contribution in [0.5, 0.6) is 0 Å². The van der Waals surface area contributed by atoms with Crippen LogP contribution in [-0.4, -0.2) is 5.91 Å². The second-order valence-corrected chi connectivity index (χ2v) is 6.69. The van der Waals surface area contributed by atoms with Crippen LogP contribution < -0.4 is 10.6 Å². The number of amides is 1. The SMILES string of the molecule is CC(C)c1ccccc1NC(=O)/C(C#N)=C\NCc1ccccc1Br. The van der Waals surface area contributed by atoms with E-state index in [0.717, 1.165) is 21.3 Å². The average Bonchev–Trinajstić information content (AvgIpc) is 2.60. The lowest BCUT2D eigenvalue weighted by Crippen LogP contribution is -2.17. The van der Waals surface area contributed by atoms with Gasteiger partial charge in [0.2, 0.25) is 0 Å². The van der Waals surface area contributed by atoms with E-state index < -0.39 is 5.91 Å². The molecule has 1 amide bonds. The molecule has 0 aliphatic heterocycles. The number of para-hydroxylation sites is 1. The Morgan fingerprint density at radius 3 is 2.56 bits per heavy atom. The molecule has 2 aromatic carbocycles. The third-order valence-electron chi connectivity index (χ3n) is 3.69. The van der Waals surface area contributed by atoms with Crippen LogP contribution in [0.1, 0.15) is 30.9 Å². The molecular weight excluding hydrogens is 378 g/mol. The molecule has 0 radical (unpaired) electrons. The lowest BCUT2D eigenvalue weighted by Gasteiger charge is -2.13. The maximum Gasteiger partial charge on any atom is 0.267 e. The van der Waals surface area contributed by atoms with Crippen molar-refractivity contribution in [1.29, 1.82) is 5.26 Å². The zero-order valence-corrected chi connectivity index (χ0v) is 15.8. The predicted molar refractivity (Wildman–Crippen MR) is 104 cm³/mol. The van der Waals surface area contributed by atoms with Crippen LogP contribution in [0.4, 0.5) is 5.69 Å². The Bertz CT molecular complexity index is 822. The molecule has 5 heteroatoms. The first-order valence-corrected chi connectivity index (χ1v) is 8.79. The first-order valence-electron chi connectivity index (χ1n) is 8.00. The number of carbonyl (C=O) groups excluding carboxylic acids is 1. The van der Waals surface area contributed by atoms with Gasteiger partial charge in [-0.25, -0.2) is 0 Å². The molecule has 4 nitrogen and oxygen atoms in total. The summed E-state index contributed by atoms with van der Waals surface area (Å²) in [4.78, 5) is 12.4. The van der Waals surface area contributed by atoms with Gasteiger partial charge in [-0.05, 0) is 29.2 Å². The van der Waals surface area contributed by atoms with Gasteiger partial charge in [0, 0.05) is 22.9 Å². The zero-order valence-electron chi connectivity index (χ0n) is 14.2. The molecule has 0 spiro atoms. The number of benzene rings is 2. The first kappa shape index (κ1) is 18.8. The number of nitrogens with one attached hydrogen (secondary N) is 2. The monoisotopic (exact) mass is 397 g/mol. The molecule has 0 aliphatic rings. The largest absolute Gasteiger partial charge is 0.386 e. The maximum atomic E-state index is 12.4. The van der Waals surface area contributed by atoms with Crippen molar-refractivity contribution in [2.24, 2.45) is 0 Å². The topological polar surface area (TPSA) is 64.9 Å². The Morgan fingerprint density at radius 1 is 1.20 bits per heavy atom. The minimum atomic E-state index is -0.421. The van der Waals surface area contributed by atoms with Gasteiger partial charge in [-0.3, -0.25) is 4.79 Å². The summed E-state index contributed by atoms with van der Waals surface area (Å²) < 4.78 is 0.977. The molecule has 0 saturated heterocycles. The summed E-state index contributed by atoms with van der Waals surface area (Å²) in [6.45, 7) is 4.64. The second kappa shape index (κ2) is 9.05. The number of hydrogen-bond donors (Lipinski definition) is 2. The summed E-state index contributed by atoms with van der Waals surface area (Å²) in [5, 5.41) is 15.1. The molecule has 0 aliphatic carbocycles. The van der Waals surface area contributed by atoms with E-state index in [0.29, 0.717) is 6.54 Å². The fourth-order valence-corrected chi connectivity index (χ4v) is 2.78. The van der Waals surface area contributed by atoms with E-state index in [2.05, 4.69) is 40.4 Å². The summed E-state index contributed by atoms with van der Waals surface area (Å²) in [6, 6.07) is 17.3. The van der Waals surface area contributed by atoms with E-state index in [1.54, 1.807) is 0 Å². The average molecular weight is 398 g/mol. The van der Waals surface area contributed by atoms with Crippen LogP contribution in [0.15, 0.2) is 64.8 Å². The highest BCUT2D eigenvalue weighted by atomic mass is 79.9. The second-order valence-electron chi connectivity index (χ2n) is 5.84. The van der Waals surface area contributed by atoms with Crippen molar-refractivity contribution in [1.82, 2.24) is 5.32 Å². The molecule has 0 aromatic heterocycles. The molecule has 0 unspecified atom stereocenters. The normalized spacial score (nSPS) is 11.1. The van der Waals surface area contributed by atoms with Crippen LogP contribution in [-0.2, 0) is 11.3 Å². The van der Waals surface area contributed by atoms with Gasteiger partial charge in [0.05, 0.1) is 0 Å². The van der Waals surface area contributed by atoms with Gasteiger partial charge in [-0.2, -0.15) is 5.26 Å². The molecule has 0 heterocycles. The Morgan fingerprint density at radius 2 is 1.88 bits per heavy atom. The van der Waals surface area contributed by atoms with E-state index in [1.165, 1.54) is 6.20 Å². The predicted octanol–water partition coefficient (Wildman–Crippen LogP) is 4.71.